The standard InChI is InChI=1S/C11H16N2O2/c1-2-12-6-3-4-10(12)11(15)13-7-5-9(14)8-13/h3-4,6,9,14H,2,5,7-8H2,1H3/t9-/m0/s1. The van der Waals surface area contributed by atoms with Crippen LogP contribution in [0.5, 0.6) is 0 Å². The van der Waals surface area contributed by atoms with Crippen LogP contribution in [0.3, 0.4) is 0 Å². The zero-order chi connectivity index (χ0) is 10.8. The molecule has 1 aliphatic rings. The Morgan fingerprint density at radius 1 is 1.67 bits per heavy atom. The fourth-order valence-corrected chi connectivity index (χ4v) is 1.97. The maximum absolute atomic E-state index is 12.0. The monoisotopic (exact) mass is 208 g/mol. The van der Waals surface area contributed by atoms with Gasteiger partial charge < -0.3 is 14.6 Å². The molecule has 82 valence electrons. The van der Waals surface area contributed by atoms with E-state index in [1.165, 1.54) is 0 Å². The van der Waals surface area contributed by atoms with Crippen LogP contribution in [0.2, 0.25) is 0 Å². The summed E-state index contributed by atoms with van der Waals surface area (Å²) in [6.45, 7) is 3.93. The highest BCUT2D eigenvalue weighted by molar-refractivity contribution is 5.93. The Labute approximate surface area is 89.1 Å². The lowest BCUT2D eigenvalue weighted by Gasteiger charge is -2.16. The molecule has 0 spiro atoms. The Bertz CT molecular complexity index is 359. The van der Waals surface area contributed by atoms with Crippen molar-refractivity contribution < 1.29 is 9.90 Å². The van der Waals surface area contributed by atoms with Crippen molar-refractivity contribution in [3.05, 3.63) is 24.0 Å². The number of aliphatic hydroxyl groups is 1. The molecule has 0 aromatic carbocycles. The zero-order valence-corrected chi connectivity index (χ0v) is 8.89. The number of aryl methyl sites for hydroxylation is 1. The van der Waals surface area contributed by atoms with Crippen LogP contribution in [0.4, 0.5) is 0 Å². The van der Waals surface area contributed by atoms with Crippen molar-refractivity contribution in [2.24, 2.45) is 0 Å². The smallest absolute Gasteiger partial charge is 0.270 e. The van der Waals surface area contributed by atoms with E-state index in [1.807, 2.05) is 29.8 Å². The van der Waals surface area contributed by atoms with Crippen molar-refractivity contribution in [3.8, 4) is 0 Å². The van der Waals surface area contributed by atoms with Gasteiger partial charge >= 0.3 is 0 Å². The Kier molecular flexibility index (Phi) is 2.77. The average Bonchev–Trinajstić information content (AvgIpc) is 2.84. The summed E-state index contributed by atoms with van der Waals surface area (Å²) in [6, 6.07) is 3.71. The lowest BCUT2D eigenvalue weighted by atomic mass is 10.3. The molecule has 1 saturated heterocycles. The summed E-state index contributed by atoms with van der Waals surface area (Å²) in [5, 5.41) is 9.37. The summed E-state index contributed by atoms with van der Waals surface area (Å²) in [5.41, 5.74) is 0.714. The lowest BCUT2D eigenvalue weighted by molar-refractivity contribution is 0.0754. The molecule has 4 heteroatoms. The molecule has 4 nitrogen and oxygen atoms in total. The summed E-state index contributed by atoms with van der Waals surface area (Å²) in [4.78, 5) is 13.7. The molecule has 1 atom stereocenters. The molecule has 15 heavy (non-hydrogen) atoms. The molecule has 2 heterocycles. The number of carbonyl (C=O) groups excluding carboxylic acids is 1. The minimum absolute atomic E-state index is 0.0263. The predicted molar refractivity (Wildman–Crippen MR) is 56.6 cm³/mol. The second-order valence-electron chi connectivity index (χ2n) is 3.87. The summed E-state index contributed by atoms with van der Waals surface area (Å²) in [6.07, 6.45) is 2.25. The highest BCUT2D eigenvalue weighted by atomic mass is 16.3. The normalized spacial score (nSPS) is 20.9. The topological polar surface area (TPSA) is 45.5 Å². The predicted octanol–water partition coefficient (Wildman–Crippen LogP) is 0.715. The SMILES string of the molecule is CCn1cccc1C(=O)N1CC[C@H](O)C1. The van der Waals surface area contributed by atoms with Gasteiger partial charge in [0.05, 0.1) is 6.10 Å². The molecule has 1 fully saturated rings. The fraction of sp³-hybridized carbons (Fsp3) is 0.545. The first kappa shape index (κ1) is 10.2. The number of carbonyl (C=O) groups is 1. The summed E-state index contributed by atoms with van der Waals surface area (Å²) in [5.74, 6) is 0.0263. The third-order valence-corrected chi connectivity index (χ3v) is 2.84. The Balaban J connectivity index is 2.14. The number of aromatic nitrogens is 1. The quantitative estimate of drug-likeness (QED) is 0.778. The van der Waals surface area contributed by atoms with Gasteiger partial charge in [-0.2, -0.15) is 0 Å². The molecule has 1 N–H and O–H groups in total. The van der Waals surface area contributed by atoms with Crippen LogP contribution in [0.25, 0.3) is 0 Å². The molecule has 1 aliphatic heterocycles. The van der Waals surface area contributed by atoms with Crippen molar-refractivity contribution >= 4 is 5.91 Å². The van der Waals surface area contributed by atoms with Crippen LogP contribution in [-0.4, -0.2) is 39.7 Å². The second-order valence-corrected chi connectivity index (χ2v) is 3.87. The van der Waals surface area contributed by atoms with Crippen molar-refractivity contribution in [2.45, 2.75) is 26.0 Å². The van der Waals surface area contributed by atoms with Crippen LogP contribution in [0, 0.1) is 0 Å². The van der Waals surface area contributed by atoms with Gasteiger partial charge in [0.2, 0.25) is 0 Å². The van der Waals surface area contributed by atoms with E-state index >= 15 is 0 Å². The third kappa shape index (κ3) is 1.90. The summed E-state index contributed by atoms with van der Waals surface area (Å²) >= 11 is 0. The maximum atomic E-state index is 12.0. The molecule has 1 amide bonds. The van der Waals surface area contributed by atoms with Crippen LogP contribution in [0.1, 0.15) is 23.8 Å². The van der Waals surface area contributed by atoms with Crippen LogP contribution in [0.15, 0.2) is 18.3 Å². The number of amides is 1. The van der Waals surface area contributed by atoms with E-state index in [4.69, 9.17) is 0 Å². The van der Waals surface area contributed by atoms with Crippen LogP contribution in [-0.2, 0) is 6.54 Å². The number of likely N-dealkylation sites (tertiary alicyclic amines) is 1. The Morgan fingerprint density at radius 3 is 3.07 bits per heavy atom. The van der Waals surface area contributed by atoms with Crippen molar-refractivity contribution in [1.82, 2.24) is 9.47 Å². The number of hydrogen-bond donors (Lipinski definition) is 1. The van der Waals surface area contributed by atoms with Gasteiger partial charge in [0.25, 0.3) is 5.91 Å². The molecule has 0 aliphatic carbocycles. The molecule has 0 unspecified atom stereocenters. The van der Waals surface area contributed by atoms with E-state index < -0.39 is 0 Å². The van der Waals surface area contributed by atoms with Crippen LogP contribution < -0.4 is 0 Å². The molecule has 0 saturated carbocycles. The van der Waals surface area contributed by atoms with Crippen LogP contribution >= 0.6 is 0 Å². The second kappa shape index (κ2) is 4.06. The van der Waals surface area contributed by atoms with E-state index in [1.54, 1.807) is 4.90 Å². The molecule has 1 aromatic heterocycles. The van der Waals surface area contributed by atoms with E-state index in [-0.39, 0.29) is 12.0 Å². The molecule has 1 aromatic rings. The molecular weight excluding hydrogens is 192 g/mol. The van der Waals surface area contributed by atoms with Gasteiger partial charge in [0, 0.05) is 25.8 Å². The first-order valence-electron chi connectivity index (χ1n) is 5.35. The number of aliphatic hydroxyl groups excluding tert-OH is 1. The van der Waals surface area contributed by atoms with E-state index in [0.717, 1.165) is 6.54 Å². The largest absolute Gasteiger partial charge is 0.391 e. The van der Waals surface area contributed by atoms with Gasteiger partial charge in [-0.25, -0.2) is 0 Å². The maximum Gasteiger partial charge on any atom is 0.270 e. The van der Waals surface area contributed by atoms with E-state index in [0.29, 0.717) is 25.2 Å². The first-order chi connectivity index (χ1) is 7.22. The molecule has 0 bridgehead atoms. The number of rotatable bonds is 2. The van der Waals surface area contributed by atoms with Crippen molar-refractivity contribution in [3.63, 3.8) is 0 Å². The Hall–Kier alpha value is -1.29. The first-order valence-corrected chi connectivity index (χ1v) is 5.35. The van der Waals surface area contributed by atoms with Gasteiger partial charge in [0.1, 0.15) is 5.69 Å². The van der Waals surface area contributed by atoms with Crippen molar-refractivity contribution in [1.29, 1.82) is 0 Å². The van der Waals surface area contributed by atoms with Gasteiger partial charge in [-0.05, 0) is 25.5 Å². The van der Waals surface area contributed by atoms with E-state index in [2.05, 4.69) is 0 Å². The molecular formula is C11H16N2O2. The Morgan fingerprint density at radius 2 is 2.47 bits per heavy atom. The van der Waals surface area contributed by atoms with Crippen molar-refractivity contribution in [2.75, 3.05) is 13.1 Å². The zero-order valence-electron chi connectivity index (χ0n) is 8.89. The molecule has 2 rings (SSSR count). The third-order valence-electron chi connectivity index (χ3n) is 2.84. The van der Waals surface area contributed by atoms with Gasteiger partial charge in [-0.15, -0.1) is 0 Å². The van der Waals surface area contributed by atoms with Gasteiger partial charge in [-0.3, -0.25) is 4.79 Å². The summed E-state index contributed by atoms with van der Waals surface area (Å²) in [7, 11) is 0. The van der Waals surface area contributed by atoms with E-state index in [9.17, 15) is 9.90 Å². The van der Waals surface area contributed by atoms with Gasteiger partial charge in [0.15, 0.2) is 0 Å². The minimum Gasteiger partial charge on any atom is -0.391 e. The number of nitrogens with zero attached hydrogens (tertiary/aromatic N) is 2. The van der Waals surface area contributed by atoms with Gasteiger partial charge in [-0.1, -0.05) is 0 Å². The number of hydrogen-bond acceptors (Lipinski definition) is 2. The summed E-state index contributed by atoms with van der Waals surface area (Å²) < 4.78 is 1.92. The lowest BCUT2D eigenvalue weighted by Crippen LogP contribution is -2.31. The minimum atomic E-state index is -0.348. The number of β-amino-alcohol motifs (C(OH)–C–C–N with tert-alkyl or cyclic N) is 1. The molecule has 0 radical (unpaired) electrons. The highest BCUT2D eigenvalue weighted by Crippen LogP contribution is 2.14. The fourth-order valence-electron chi connectivity index (χ4n) is 1.97. The average molecular weight is 208 g/mol. The highest BCUT2D eigenvalue weighted by Gasteiger charge is 2.26.